The van der Waals surface area contributed by atoms with E-state index in [0.29, 0.717) is 0 Å². The molecule has 0 amide bonds. The van der Waals surface area contributed by atoms with Gasteiger partial charge in [-0.2, -0.15) is 0 Å². The fraction of sp³-hybridized carbons (Fsp3) is 0.174. The summed E-state index contributed by atoms with van der Waals surface area (Å²) in [4.78, 5) is 4.61. The van der Waals surface area contributed by atoms with Gasteiger partial charge in [-0.3, -0.25) is 4.98 Å². The van der Waals surface area contributed by atoms with Gasteiger partial charge in [0.2, 0.25) is 0 Å². The zero-order valence-corrected chi connectivity index (χ0v) is 15.0. The second-order valence-corrected chi connectivity index (χ2v) is 6.32. The topological polar surface area (TPSA) is 31.4 Å². The van der Waals surface area contributed by atoms with E-state index in [1.807, 2.05) is 36.5 Å². The lowest BCUT2D eigenvalue weighted by Gasteiger charge is -2.24. The van der Waals surface area contributed by atoms with Gasteiger partial charge >= 0.3 is 0 Å². The highest BCUT2D eigenvalue weighted by atomic mass is 16.5. The van der Waals surface area contributed by atoms with Crippen molar-refractivity contribution < 1.29 is 9.47 Å². The van der Waals surface area contributed by atoms with E-state index < -0.39 is 0 Å². The molecule has 1 aliphatic rings. The zero-order valence-electron chi connectivity index (χ0n) is 15.0. The zero-order chi connectivity index (χ0) is 17.9. The highest BCUT2D eigenvalue weighted by Crippen LogP contribution is 2.41. The molecule has 0 aliphatic heterocycles. The van der Waals surface area contributed by atoms with Crippen LogP contribution in [0.4, 0.5) is 0 Å². The van der Waals surface area contributed by atoms with Gasteiger partial charge in [0.05, 0.1) is 19.9 Å². The third kappa shape index (κ3) is 2.97. The number of rotatable bonds is 4. The molecular formula is C23H21NO2. The molecule has 26 heavy (non-hydrogen) atoms. The quantitative estimate of drug-likeness (QED) is 0.668. The van der Waals surface area contributed by atoms with Gasteiger partial charge in [0.25, 0.3) is 0 Å². The van der Waals surface area contributed by atoms with E-state index in [1.54, 1.807) is 14.2 Å². The first-order valence-corrected chi connectivity index (χ1v) is 8.76. The molecular weight excluding hydrogens is 322 g/mol. The van der Waals surface area contributed by atoms with Crippen molar-refractivity contribution >= 4 is 11.1 Å². The van der Waals surface area contributed by atoms with Crippen LogP contribution in [0.15, 0.2) is 66.9 Å². The molecule has 0 N–H and O–H groups in total. The predicted octanol–water partition coefficient (Wildman–Crippen LogP) is 5.00. The summed E-state index contributed by atoms with van der Waals surface area (Å²) in [6.07, 6.45) is 3.80. The van der Waals surface area contributed by atoms with Gasteiger partial charge in [-0.05, 0) is 77.1 Å². The van der Waals surface area contributed by atoms with Crippen molar-refractivity contribution in [1.82, 2.24) is 4.98 Å². The molecule has 3 aromatic rings. The number of aryl methyl sites for hydroxylation is 1. The number of allylic oxidation sites excluding steroid dienone is 1. The molecule has 0 atom stereocenters. The van der Waals surface area contributed by atoms with Gasteiger partial charge < -0.3 is 9.47 Å². The van der Waals surface area contributed by atoms with Crippen LogP contribution in [0.2, 0.25) is 0 Å². The van der Waals surface area contributed by atoms with Crippen molar-refractivity contribution in [2.24, 2.45) is 0 Å². The van der Waals surface area contributed by atoms with E-state index in [0.717, 1.165) is 30.0 Å². The summed E-state index contributed by atoms with van der Waals surface area (Å²) in [6, 6.07) is 20.7. The van der Waals surface area contributed by atoms with E-state index in [4.69, 9.17) is 9.47 Å². The lowest BCUT2D eigenvalue weighted by atomic mass is 9.81. The molecule has 0 bridgehead atoms. The Morgan fingerprint density at radius 1 is 0.808 bits per heavy atom. The minimum Gasteiger partial charge on any atom is -0.497 e. The normalized spacial score (nSPS) is 13.3. The van der Waals surface area contributed by atoms with Crippen molar-refractivity contribution in [3.8, 4) is 11.5 Å². The lowest BCUT2D eigenvalue weighted by Crippen LogP contribution is -2.07. The Kier molecular flexibility index (Phi) is 4.44. The molecule has 1 aromatic heterocycles. The van der Waals surface area contributed by atoms with Crippen LogP contribution in [0.25, 0.3) is 11.1 Å². The van der Waals surface area contributed by atoms with Crippen LogP contribution in [0.1, 0.15) is 28.8 Å². The second-order valence-electron chi connectivity index (χ2n) is 6.32. The van der Waals surface area contributed by atoms with Crippen molar-refractivity contribution in [2.75, 3.05) is 14.2 Å². The summed E-state index contributed by atoms with van der Waals surface area (Å²) in [6.45, 7) is 0. The number of methoxy groups -OCH3 is 2. The van der Waals surface area contributed by atoms with Gasteiger partial charge in [0.1, 0.15) is 11.5 Å². The maximum atomic E-state index is 5.42. The summed E-state index contributed by atoms with van der Waals surface area (Å²) in [5.41, 5.74) is 7.32. The summed E-state index contributed by atoms with van der Waals surface area (Å²) < 4.78 is 10.7. The number of hydrogen-bond donors (Lipinski definition) is 0. The number of hydrogen-bond acceptors (Lipinski definition) is 3. The molecule has 0 saturated heterocycles. The van der Waals surface area contributed by atoms with Gasteiger partial charge in [-0.1, -0.05) is 24.3 Å². The van der Waals surface area contributed by atoms with Crippen LogP contribution in [0, 0.1) is 0 Å². The van der Waals surface area contributed by atoms with Crippen molar-refractivity contribution in [1.29, 1.82) is 0 Å². The molecule has 4 rings (SSSR count). The number of fused-ring (bicyclic) bond motifs is 1. The minimum absolute atomic E-state index is 0.861. The molecule has 0 unspecified atom stereocenters. The largest absolute Gasteiger partial charge is 0.497 e. The first-order chi connectivity index (χ1) is 12.8. The maximum absolute atomic E-state index is 5.42. The van der Waals surface area contributed by atoms with Crippen LogP contribution < -0.4 is 9.47 Å². The Bertz CT molecular complexity index is 944. The Balaban J connectivity index is 1.93. The predicted molar refractivity (Wildman–Crippen MR) is 104 cm³/mol. The molecule has 0 fully saturated rings. The third-order valence-electron chi connectivity index (χ3n) is 4.88. The second kappa shape index (κ2) is 7.04. The molecule has 3 heteroatoms. The molecule has 1 heterocycles. The summed E-state index contributed by atoms with van der Waals surface area (Å²) in [7, 11) is 3.40. The number of aromatic nitrogens is 1. The summed E-state index contributed by atoms with van der Waals surface area (Å²) >= 11 is 0. The molecule has 1 aliphatic carbocycles. The van der Waals surface area contributed by atoms with Crippen molar-refractivity contribution in [3.05, 3.63) is 89.2 Å². The minimum atomic E-state index is 0.861. The van der Waals surface area contributed by atoms with Crippen LogP contribution in [0.5, 0.6) is 11.5 Å². The van der Waals surface area contributed by atoms with E-state index in [2.05, 4.69) is 35.3 Å². The van der Waals surface area contributed by atoms with Crippen molar-refractivity contribution in [2.45, 2.75) is 12.8 Å². The first-order valence-electron chi connectivity index (χ1n) is 8.76. The Labute approximate surface area is 153 Å². The van der Waals surface area contributed by atoms with E-state index in [1.165, 1.54) is 27.8 Å². The SMILES string of the molecule is COc1ccc(C2=C(c3ccccn3)CCc3cc(OC)ccc32)cc1. The summed E-state index contributed by atoms with van der Waals surface area (Å²) in [5, 5.41) is 0. The molecule has 130 valence electrons. The molecule has 3 nitrogen and oxygen atoms in total. The average molecular weight is 343 g/mol. The Hall–Kier alpha value is -3.07. The fourth-order valence-corrected chi connectivity index (χ4v) is 3.58. The van der Waals surface area contributed by atoms with E-state index in [-0.39, 0.29) is 0 Å². The van der Waals surface area contributed by atoms with Gasteiger partial charge in [0, 0.05) is 6.20 Å². The third-order valence-corrected chi connectivity index (χ3v) is 4.88. The van der Waals surface area contributed by atoms with E-state index >= 15 is 0 Å². The van der Waals surface area contributed by atoms with Gasteiger partial charge in [-0.15, -0.1) is 0 Å². The van der Waals surface area contributed by atoms with Gasteiger partial charge in [-0.25, -0.2) is 0 Å². The highest BCUT2D eigenvalue weighted by molar-refractivity contribution is 6.00. The monoisotopic (exact) mass is 343 g/mol. The molecule has 0 radical (unpaired) electrons. The number of nitrogens with zero attached hydrogens (tertiary/aromatic N) is 1. The number of ether oxygens (including phenoxy) is 2. The van der Waals surface area contributed by atoms with Crippen LogP contribution in [0.3, 0.4) is 0 Å². The van der Waals surface area contributed by atoms with Crippen molar-refractivity contribution in [3.63, 3.8) is 0 Å². The molecule has 0 saturated carbocycles. The average Bonchev–Trinajstić information content (AvgIpc) is 2.73. The standard InChI is InChI=1S/C23H21NO2/c1-25-18-9-6-16(7-10-18)23-20-13-11-19(26-2)15-17(20)8-12-21(23)22-5-3-4-14-24-22/h3-7,9-11,13-15H,8,12H2,1-2H3. The van der Waals surface area contributed by atoms with Crippen LogP contribution in [-0.4, -0.2) is 19.2 Å². The maximum Gasteiger partial charge on any atom is 0.119 e. The lowest BCUT2D eigenvalue weighted by molar-refractivity contribution is 0.414. The first kappa shape index (κ1) is 16.4. The molecule has 0 spiro atoms. The van der Waals surface area contributed by atoms with Crippen LogP contribution >= 0.6 is 0 Å². The smallest absolute Gasteiger partial charge is 0.119 e. The van der Waals surface area contributed by atoms with Gasteiger partial charge in [0.15, 0.2) is 0 Å². The van der Waals surface area contributed by atoms with E-state index in [9.17, 15) is 0 Å². The number of pyridine rings is 1. The summed E-state index contributed by atoms with van der Waals surface area (Å²) in [5.74, 6) is 1.76. The highest BCUT2D eigenvalue weighted by Gasteiger charge is 2.22. The van der Waals surface area contributed by atoms with Crippen LogP contribution in [-0.2, 0) is 6.42 Å². The fourth-order valence-electron chi connectivity index (χ4n) is 3.58. The number of benzene rings is 2. The Morgan fingerprint density at radius 2 is 1.58 bits per heavy atom. The molecule has 2 aromatic carbocycles. The Morgan fingerprint density at radius 3 is 2.27 bits per heavy atom.